The van der Waals surface area contributed by atoms with E-state index in [0.717, 1.165) is 20.3 Å². The number of phenolic OH excluding ortho intramolecular Hbond substituents is 1. The lowest BCUT2D eigenvalue weighted by molar-refractivity contribution is -0.115. The number of benzene rings is 3. The van der Waals surface area contributed by atoms with E-state index in [4.69, 9.17) is 4.98 Å². The highest BCUT2D eigenvalue weighted by molar-refractivity contribution is 14.1. The first kappa shape index (κ1) is 21.0. The van der Waals surface area contributed by atoms with Crippen molar-refractivity contribution in [2.45, 2.75) is 12.8 Å². The zero-order valence-electron chi connectivity index (χ0n) is 16.6. The van der Waals surface area contributed by atoms with Crippen molar-refractivity contribution in [1.82, 2.24) is 9.97 Å². The smallest absolute Gasteiger partial charge is 0.229 e. The molecule has 0 fully saturated rings. The molecule has 5 nitrogen and oxygen atoms in total. The van der Waals surface area contributed by atoms with Gasteiger partial charge in [0.25, 0.3) is 0 Å². The molecule has 154 valence electrons. The summed E-state index contributed by atoms with van der Waals surface area (Å²) in [7, 11) is 0. The molecule has 0 aliphatic carbocycles. The molecule has 4 aromatic rings. The van der Waals surface area contributed by atoms with Gasteiger partial charge < -0.3 is 10.4 Å². The van der Waals surface area contributed by atoms with E-state index in [1.807, 2.05) is 54.6 Å². The van der Waals surface area contributed by atoms with Gasteiger partial charge in [-0.1, -0.05) is 42.5 Å². The van der Waals surface area contributed by atoms with E-state index in [0.29, 0.717) is 23.6 Å². The summed E-state index contributed by atoms with van der Waals surface area (Å²) in [5.41, 5.74) is 4.23. The van der Waals surface area contributed by atoms with E-state index in [-0.39, 0.29) is 18.1 Å². The van der Waals surface area contributed by atoms with Gasteiger partial charge >= 0.3 is 0 Å². The number of carbonyl (C=O) groups is 1. The molecule has 31 heavy (non-hydrogen) atoms. The van der Waals surface area contributed by atoms with Crippen molar-refractivity contribution in [3.8, 4) is 17.0 Å². The number of rotatable bonds is 6. The lowest BCUT2D eigenvalue weighted by Gasteiger charge is -2.12. The van der Waals surface area contributed by atoms with Crippen LogP contribution in [0.4, 0.5) is 5.82 Å². The maximum atomic E-state index is 12.7. The first-order valence-corrected chi connectivity index (χ1v) is 10.9. The van der Waals surface area contributed by atoms with Crippen LogP contribution in [-0.4, -0.2) is 21.0 Å². The number of nitrogens with one attached hydrogen (secondary N) is 1. The monoisotopic (exact) mass is 521 g/mol. The fourth-order valence-electron chi connectivity index (χ4n) is 3.18. The van der Waals surface area contributed by atoms with Crippen LogP contribution < -0.4 is 5.32 Å². The maximum Gasteiger partial charge on any atom is 0.229 e. The molecule has 0 atom stereocenters. The van der Waals surface area contributed by atoms with Crippen molar-refractivity contribution in [3.05, 3.63) is 105 Å². The van der Waals surface area contributed by atoms with Crippen LogP contribution in [0, 0.1) is 3.57 Å². The minimum atomic E-state index is -0.137. The Morgan fingerprint density at radius 3 is 2.32 bits per heavy atom. The molecule has 1 amide bonds. The first-order chi connectivity index (χ1) is 15.1. The van der Waals surface area contributed by atoms with Crippen LogP contribution in [0.1, 0.15) is 16.8 Å². The zero-order valence-corrected chi connectivity index (χ0v) is 18.8. The Morgan fingerprint density at radius 1 is 0.903 bits per heavy atom. The van der Waals surface area contributed by atoms with Gasteiger partial charge in [-0.15, -0.1) is 0 Å². The Kier molecular flexibility index (Phi) is 6.57. The van der Waals surface area contributed by atoms with Crippen molar-refractivity contribution < 1.29 is 9.90 Å². The molecule has 0 saturated heterocycles. The van der Waals surface area contributed by atoms with Crippen molar-refractivity contribution in [2.24, 2.45) is 0 Å². The topological polar surface area (TPSA) is 75.1 Å². The number of hydrogen-bond donors (Lipinski definition) is 2. The fraction of sp³-hybridized carbons (Fsp3) is 0.0800. The highest BCUT2D eigenvalue weighted by atomic mass is 127. The number of aromatic nitrogens is 2. The molecular formula is C25H20IN3O2. The van der Waals surface area contributed by atoms with E-state index in [2.05, 4.69) is 32.9 Å². The predicted octanol–water partition coefficient (Wildman–Crippen LogP) is 5.23. The summed E-state index contributed by atoms with van der Waals surface area (Å²) >= 11 is 2.24. The van der Waals surface area contributed by atoms with Crippen LogP contribution in [0.2, 0.25) is 0 Å². The number of aromatic hydroxyl groups is 1. The Bertz CT molecular complexity index is 1180. The Hall–Kier alpha value is -3.26. The van der Waals surface area contributed by atoms with Crippen molar-refractivity contribution in [2.75, 3.05) is 5.32 Å². The number of nitrogens with zero attached hydrogens (tertiary/aromatic N) is 2. The van der Waals surface area contributed by atoms with E-state index >= 15 is 0 Å². The largest absolute Gasteiger partial charge is 0.508 e. The number of amides is 1. The van der Waals surface area contributed by atoms with Crippen LogP contribution in [-0.2, 0) is 17.6 Å². The molecule has 0 unspecified atom stereocenters. The minimum Gasteiger partial charge on any atom is -0.508 e. The predicted molar refractivity (Wildman–Crippen MR) is 130 cm³/mol. The maximum absolute atomic E-state index is 12.7. The second-order valence-corrected chi connectivity index (χ2v) is 8.36. The fourth-order valence-corrected chi connectivity index (χ4v) is 3.54. The highest BCUT2D eigenvalue weighted by Crippen LogP contribution is 2.23. The van der Waals surface area contributed by atoms with Crippen molar-refractivity contribution >= 4 is 34.3 Å². The third kappa shape index (κ3) is 5.67. The summed E-state index contributed by atoms with van der Waals surface area (Å²) in [6.45, 7) is 0. The van der Waals surface area contributed by atoms with Crippen LogP contribution in [0.3, 0.4) is 0 Å². The van der Waals surface area contributed by atoms with E-state index in [1.54, 1.807) is 30.5 Å². The molecule has 6 heteroatoms. The molecule has 0 radical (unpaired) electrons. The molecule has 0 aliphatic heterocycles. The molecule has 0 bridgehead atoms. The number of carbonyl (C=O) groups excluding carboxylic acids is 1. The summed E-state index contributed by atoms with van der Waals surface area (Å²) in [6, 6.07) is 24.6. The molecule has 2 N–H and O–H groups in total. The van der Waals surface area contributed by atoms with Crippen LogP contribution in [0.5, 0.6) is 5.75 Å². The minimum absolute atomic E-state index is 0.137. The number of anilines is 1. The van der Waals surface area contributed by atoms with Gasteiger partial charge in [-0.25, -0.2) is 9.97 Å². The number of phenols is 1. The third-order valence-electron chi connectivity index (χ3n) is 4.76. The van der Waals surface area contributed by atoms with Gasteiger partial charge in [0, 0.05) is 15.6 Å². The van der Waals surface area contributed by atoms with Gasteiger partial charge in [-0.3, -0.25) is 4.79 Å². The Balaban J connectivity index is 1.61. The third-order valence-corrected chi connectivity index (χ3v) is 5.48. The summed E-state index contributed by atoms with van der Waals surface area (Å²) < 4.78 is 1.13. The SMILES string of the molecule is O=C(Cc1ccc(I)cc1)Nc1ncc(-c2ccc(O)cc2)nc1Cc1ccccc1. The normalized spacial score (nSPS) is 10.6. The summed E-state index contributed by atoms with van der Waals surface area (Å²) in [4.78, 5) is 21.9. The number of halogens is 1. The molecule has 3 aromatic carbocycles. The average Bonchev–Trinajstić information content (AvgIpc) is 2.78. The average molecular weight is 521 g/mol. The first-order valence-electron chi connectivity index (χ1n) is 9.80. The molecule has 0 aliphatic rings. The molecule has 1 heterocycles. The highest BCUT2D eigenvalue weighted by Gasteiger charge is 2.13. The van der Waals surface area contributed by atoms with E-state index in [9.17, 15) is 9.90 Å². The van der Waals surface area contributed by atoms with Gasteiger partial charge in [0.2, 0.25) is 5.91 Å². The second-order valence-electron chi connectivity index (χ2n) is 7.11. The summed E-state index contributed by atoms with van der Waals surface area (Å²) in [5.74, 6) is 0.518. The van der Waals surface area contributed by atoms with Crippen molar-refractivity contribution in [1.29, 1.82) is 0 Å². The lowest BCUT2D eigenvalue weighted by atomic mass is 10.1. The Morgan fingerprint density at radius 2 is 1.61 bits per heavy atom. The van der Waals surface area contributed by atoms with Crippen LogP contribution in [0.15, 0.2) is 85.1 Å². The van der Waals surface area contributed by atoms with Gasteiger partial charge in [0.05, 0.1) is 24.0 Å². The van der Waals surface area contributed by atoms with Crippen molar-refractivity contribution in [3.63, 3.8) is 0 Å². The lowest BCUT2D eigenvalue weighted by Crippen LogP contribution is -2.17. The molecular weight excluding hydrogens is 501 g/mol. The quantitative estimate of drug-likeness (QED) is 0.341. The van der Waals surface area contributed by atoms with E-state index < -0.39 is 0 Å². The standard InChI is InChI=1S/C25H20IN3O2/c26-20-10-6-18(7-11-20)15-24(31)29-25-22(14-17-4-2-1-3-5-17)28-23(16-27-25)19-8-12-21(30)13-9-19/h1-13,16,30H,14-15H2,(H,27,29,31). The molecule has 1 aromatic heterocycles. The van der Waals surface area contributed by atoms with Gasteiger partial charge in [-0.05, 0) is 70.1 Å². The van der Waals surface area contributed by atoms with Gasteiger partial charge in [0.15, 0.2) is 5.82 Å². The van der Waals surface area contributed by atoms with Gasteiger partial charge in [0.1, 0.15) is 5.75 Å². The Labute approximate surface area is 194 Å². The summed E-state index contributed by atoms with van der Waals surface area (Å²) in [5, 5.41) is 12.5. The zero-order chi connectivity index (χ0) is 21.6. The van der Waals surface area contributed by atoms with Crippen LogP contribution >= 0.6 is 22.6 Å². The molecule has 4 rings (SSSR count). The number of hydrogen-bond acceptors (Lipinski definition) is 4. The second kappa shape index (κ2) is 9.70. The summed E-state index contributed by atoms with van der Waals surface area (Å²) in [6.07, 6.45) is 2.45. The van der Waals surface area contributed by atoms with E-state index in [1.165, 1.54) is 0 Å². The molecule has 0 saturated carbocycles. The van der Waals surface area contributed by atoms with Crippen LogP contribution in [0.25, 0.3) is 11.3 Å². The molecule has 0 spiro atoms. The van der Waals surface area contributed by atoms with Gasteiger partial charge in [-0.2, -0.15) is 0 Å².